The van der Waals surface area contributed by atoms with Crippen molar-refractivity contribution in [3.05, 3.63) is 70.6 Å². The Morgan fingerprint density at radius 2 is 1.71 bits per heavy atom. The van der Waals surface area contributed by atoms with Crippen molar-refractivity contribution in [1.82, 2.24) is 0 Å². The molecule has 0 aliphatic heterocycles. The van der Waals surface area contributed by atoms with Crippen LogP contribution in [-0.4, -0.2) is 25.1 Å². The Bertz CT molecular complexity index is 1040. The number of esters is 1. The SMILES string of the molecule is CCOC(=O)c1c(-c2ccc(CC)cc2)csc1NC(=O)COc1cccc(CC)c1. The first kappa shape index (κ1) is 22.6. The van der Waals surface area contributed by atoms with E-state index in [0.29, 0.717) is 16.3 Å². The van der Waals surface area contributed by atoms with Gasteiger partial charge in [0.15, 0.2) is 6.61 Å². The van der Waals surface area contributed by atoms with E-state index in [4.69, 9.17) is 9.47 Å². The number of benzene rings is 2. The van der Waals surface area contributed by atoms with Gasteiger partial charge in [0.2, 0.25) is 0 Å². The molecule has 5 nitrogen and oxygen atoms in total. The van der Waals surface area contributed by atoms with Gasteiger partial charge in [-0.25, -0.2) is 4.79 Å². The predicted molar refractivity (Wildman–Crippen MR) is 125 cm³/mol. The van der Waals surface area contributed by atoms with Crippen LogP contribution in [0.15, 0.2) is 53.9 Å². The second kappa shape index (κ2) is 10.8. The fourth-order valence-corrected chi connectivity index (χ4v) is 4.13. The summed E-state index contributed by atoms with van der Waals surface area (Å²) >= 11 is 1.30. The molecule has 3 rings (SSSR count). The van der Waals surface area contributed by atoms with Gasteiger partial charge in [0, 0.05) is 10.9 Å². The minimum absolute atomic E-state index is 0.145. The van der Waals surface area contributed by atoms with Crippen LogP contribution in [0.25, 0.3) is 11.1 Å². The fraction of sp³-hybridized carbons (Fsp3) is 0.280. The highest BCUT2D eigenvalue weighted by atomic mass is 32.1. The predicted octanol–water partition coefficient (Wildman–Crippen LogP) is 5.73. The number of thiophene rings is 1. The largest absolute Gasteiger partial charge is 0.484 e. The number of hydrogen-bond donors (Lipinski definition) is 1. The molecule has 0 aliphatic carbocycles. The summed E-state index contributed by atoms with van der Waals surface area (Å²) in [5.74, 6) is -0.143. The molecular formula is C25H27NO4S. The van der Waals surface area contributed by atoms with E-state index in [1.54, 1.807) is 6.92 Å². The summed E-state index contributed by atoms with van der Waals surface area (Å²) in [5, 5.41) is 5.15. The third-order valence-electron chi connectivity index (χ3n) is 4.87. The highest BCUT2D eigenvalue weighted by molar-refractivity contribution is 7.15. The van der Waals surface area contributed by atoms with Crippen molar-refractivity contribution in [1.29, 1.82) is 0 Å². The molecule has 0 fully saturated rings. The molecule has 0 spiro atoms. The van der Waals surface area contributed by atoms with Crippen molar-refractivity contribution in [2.45, 2.75) is 33.6 Å². The van der Waals surface area contributed by atoms with Gasteiger partial charge < -0.3 is 14.8 Å². The fourth-order valence-electron chi connectivity index (χ4n) is 3.16. The third kappa shape index (κ3) is 5.73. The van der Waals surface area contributed by atoms with Crippen LogP contribution in [0, 0.1) is 0 Å². The van der Waals surface area contributed by atoms with Gasteiger partial charge in [-0.2, -0.15) is 0 Å². The van der Waals surface area contributed by atoms with E-state index in [0.717, 1.165) is 29.5 Å². The number of aryl methyl sites for hydroxylation is 2. The quantitative estimate of drug-likeness (QED) is 0.434. The van der Waals surface area contributed by atoms with Gasteiger partial charge >= 0.3 is 5.97 Å². The van der Waals surface area contributed by atoms with Crippen molar-refractivity contribution in [2.24, 2.45) is 0 Å². The Morgan fingerprint density at radius 1 is 0.968 bits per heavy atom. The number of ether oxygens (including phenoxy) is 2. The van der Waals surface area contributed by atoms with Gasteiger partial charge in [-0.05, 0) is 48.6 Å². The Kier molecular flexibility index (Phi) is 7.84. The van der Waals surface area contributed by atoms with E-state index in [1.165, 1.54) is 16.9 Å². The first-order chi connectivity index (χ1) is 15.0. The van der Waals surface area contributed by atoms with Gasteiger partial charge in [0.1, 0.15) is 16.3 Å². The highest BCUT2D eigenvalue weighted by Crippen LogP contribution is 2.36. The summed E-state index contributed by atoms with van der Waals surface area (Å²) in [6.07, 6.45) is 1.83. The smallest absolute Gasteiger partial charge is 0.341 e. The normalized spacial score (nSPS) is 10.5. The Hall–Kier alpha value is -3.12. The van der Waals surface area contributed by atoms with Crippen molar-refractivity contribution in [3.63, 3.8) is 0 Å². The second-order valence-corrected chi connectivity index (χ2v) is 7.84. The molecule has 1 N–H and O–H groups in total. The lowest BCUT2D eigenvalue weighted by molar-refractivity contribution is -0.118. The zero-order valence-corrected chi connectivity index (χ0v) is 18.9. The number of amides is 1. The van der Waals surface area contributed by atoms with Crippen LogP contribution in [-0.2, 0) is 22.4 Å². The first-order valence-electron chi connectivity index (χ1n) is 10.4. The lowest BCUT2D eigenvalue weighted by Gasteiger charge is -2.10. The van der Waals surface area contributed by atoms with Crippen molar-refractivity contribution in [2.75, 3.05) is 18.5 Å². The second-order valence-electron chi connectivity index (χ2n) is 6.96. The summed E-state index contributed by atoms with van der Waals surface area (Å²) < 4.78 is 10.9. The van der Waals surface area contributed by atoms with Crippen LogP contribution in [0.5, 0.6) is 5.75 Å². The summed E-state index contributed by atoms with van der Waals surface area (Å²) in [6.45, 7) is 6.03. The maximum Gasteiger partial charge on any atom is 0.341 e. The van der Waals surface area contributed by atoms with Crippen LogP contribution in [0.1, 0.15) is 42.3 Å². The van der Waals surface area contributed by atoms with Crippen LogP contribution >= 0.6 is 11.3 Å². The van der Waals surface area contributed by atoms with Gasteiger partial charge in [0.25, 0.3) is 5.91 Å². The zero-order valence-electron chi connectivity index (χ0n) is 18.1. The molecule has 2 aromatic carbocycles. The summed E-state index contributed by atoms with van der Waals surface area (Å²) in [4.78, 5) is 25.2. The van der Waals surface area contributed by atoms with Gasteiger partial charge in [-0.3, -0.25) is 4.79 Å². The summed E-state index contributed by atoms with van der Waals surface area (Å²) in [5.41, 5.74) is 4.38. The molecular weight excluding hydrogens is 410 g/mol. The van der Waals surface area contributed by atoms with Crippen molar-refractivity contribution < 1.29 is 19.1 Å². The standard InChI is InChI=1S/C25H27NO4S/c1-4-17-10-12-19(13-11-17)21-16-31-24(23(21)25(28)29-6-3)26-22(27)15-30-20-9-7-8-18(5-2)14-20/h7-14,16H,4-6,15H2,1-3H3,(H,26,27). The summed E-state index contributed by atoms with van der Waals surface area (Å²) in [7, 11) is 0. The van der Waals surface area contributed by atoms with Gasteiger partial charge in [0.05, 0.1) is 6.61 Å². The van der Waals surface area contributed by atoms with Gasteiger partial charge in [-0.1, -0.05) is 50.2 Å². The molecule has 3 aromatic rings. The van der Waals surface area contributed by atoms with E-state index in [9.17, 15) is 9.59 Å². The number of nitrogens with one attached hydrogen (secondary N) is 1. The molecule has 0 aliphatic rings. The molecule has 0 saturated carbocycles. The van der Waals surface area contributed by atoms with Crippen LogP contribution in [0.4, 0.5) is 5.00 Å². The van der Waals surface area contributed by atoms with Crippen molar-refractivity contribution in [3.8, 4) is 16.9 Å². The monoisotopic (exact) mass is 437 g/mol. The number of hydrogen-bond acceptors (Lipinski definition) is 5. The van der Waals surface area contributed by atoms with Gasteiger partial charge in [-0.15, -0.1) is 11.3 Å². The van der Waals surface area contributed by atoms with Crippen molar-refractivity contribution >= 4 is 28.2 Å². The first-order valence-corrected chi connectivity index (χ1v) is 11.3. The molecule has 0 bridgehead atoms. The van der Waals surface area contributed by atoms with Crippen LogP contribution < -0.4 is 10.1 Å². The van der Waals surface area contributed by atoms with E-state index < -0.39 is 5.97 Å². The highest BCUT2D eigenvalue weighted by Gasteiger charge is 2.23. The molecule has 1 heterocycles. The lowest BCUT2D eigenvalue weighted by Crippen LogP contribution is -2.21. The number of anilines is 1. The maximum atomic E-state index is 12.7. The third-order valence-corrected chi connectivity index (χ3v) is 5.77. The Labute approximate surface area is 187 Å². The average molecular weight is 438 g/mol. The molecule has 1 amide bonds. The lowest BCUT2D eigenvalue weighted by atomic mass is 10.0. The Morgan fingerprint density at radius 3 is 2.39 bits per heavy atom. The van der Waals surface area contributed by atoms with E-state index in [2.05, 4.69) is 19.2 Å². The Balaban J connectivity index is 1.78. The molecule has 162 valence electrons. The molecule has 0 saturated heterocycles. The van der Waals surface area contributed by atoms with E-state index in [1.807, 2.05) is 53.9 Å². The topological polar surface area (TPSA) is 64.6 Å². The average Bonchev–Trinajstić information content (AvgIpc) is 3.21. The molecule has 6 heteroatoms. The number of carbonyl (C=O) groups is 2. The molecule has 31 heavy (non-hydrogen) atoms. The van der Waals surface area contributed by atoms with Crippen LogP contribution in [0.3, 0.4) is 0 Å². The minimum Gasteiger partial charge on any atom is -0.484 e. The maximum absolute atomic E-state index is 12.7. The molecule has 0 unspecified atom stereocenters. The summed E-state index contributed by atoms with van der Waals surface area (Å²) in [6, 6.07) is 15.7. The molecule has 0 radical (unpaired) electrons. The zero-order chi connectivity index (χ0) is 22.2. The number of rotatable bonds is 9. The van der Waals surface area contributed by atoms with Crippen LogP contribution in [0.2, 0.25) is 0 Å². The molecule has 1 aromatic heterocycles. The molecule has 0 atom stereocenters. The minimum atomic E-state index is -0.454. The van der Waals surface area contributed by atoms with E-state index >= 15 is 0 Å². The number of carbonyl (C=O) groups excluding carboxylic acids is 2. The van der Waals surface area contributed by atoms with E-state index in [-0.39, 0.29) is 19.1 Å².